The number of nitrogens with one attached hydrogen (secondary N) is 3. The average molecular weight is 378 g/mol. The van der Waals surface area contributed by atoms with Crippen LogP contribution in [-0.4, -0.2) is 58.6 Å². The second-order valence-electron chi connectivity index (χ2n) is 6.98. The maximum Gasteiger partial charge on any atom is 0.320 e. The number of amides is 2. The van der Waals surface area contributed by atoms with Gasteiger partial charge in [-0.3, -0.25) is 5.32 Å². The van der Waals surface area contributed by atoms with E-state index in [-0.39, 0.29) is 11.8 Å². The number of hydrogen-bond donors (Lipinski definition) is 3. The number of piperidine rings is 1. The van der Waals surface area contributed by atoms with E-state index in [0.717, 1.165) is 25.7 Å². The number of hydrogen-bond acceptors (Lipinski definition) is 5. The lowest BCUT2D eigenvalue weighted by atomic mass is 10.1. The molecular weight excluding hydrogens is 356 g/mol. The molecule has 1 aliphatic heterocycles. The first-order valence-corrected chi connectivity index (χ1v) is 10.5. The van der Waals surface area contributed by atoms with Gasteiger partial charge >= 0.3 is 6.03 Å². The van der Waals surface area contributed by atoms with E-state index in [9.17, 15) is 13.2 Å². The van der Waals surface area contributed by atoms with Gasteiger partial charge in [0.2, 0.25) is 10.0 Å². The molecule has 1 saturated carbocycles. The molecule has 9 nitrogen and oxygen atoms in total. The molecule has 2 aromatic rings. The Morgan fingerprint density at radius 3 is 3.00 bits per heavy atom. The van der Waals surface area contributed by atoms with Crippen molar-refractivity contribution in [1.82, 2.24) is 24.6 Å². The number of fused-ring (bicyclic) bond motifs is 1. The SMILES string of the molecule is O=C(Nc1cnc2[nH]ccc2n1)NC1CCCN(S(=O)(=O)CC2CC2)C1. The zero-order chi connectivity index (χ0) is 18.1. The highest BCUT2D eigenvalue weighted by molar-refractivity contribution is 7.89. The normalized spacial score (nSPS) is 21.6. The third kappa shape index (κ3) is 3.96. The molecule has 0 aromatic carbocycles. The van der Waals surface area contributed by atoms with E-state index in [1.54, 1.807) is 12.3 Å². The van der Waals surface area contributed by atoms with Crippen molar-refractivity contribution in [3.05, 3.63) is 18.5 Å². The number of carbonyl (C=O) groups excluding carboxylic acids is 1. The Hall–Kier alpha value is -2.20. The third-order valence-corrected chi connectivity index (χ3v) is 6.77. The van der Waals surface area contributed by atoms with Gasteiger partial charge in [0.25, 0.3) is 0 Å². The number of rotatable bonds is 5. The van der Waals surface area contributed by atoms with E-state index in [2.05, 4.69) is 25.6 Å². The van der Waals surface area contributed by atoms with Crippen molar-refractivity contribution in [3.63, 3.8) is 0 Å². The first kappa shape index (κ1) is 17.2. The topological polar surface area (TPSA) is 120 Å². The molecule has 140 valence electrons. The summed E-state index contributed by atoms with van der Waals surface area (Å²) in [5, 5.41) is 5.51. The van der Waals surface area contributed by atoms with Gasteiger partial charge in [-0.05, 0) is 37.7 Å². The first-order valence-electron chi connectivity index (χ1n) is 8.85. The van der Waals surface area contributed by atoms with Crippen LogP contribution in [0, 0.1) is 5.92 Å². The Balaban J connectivity index is 1.34. The summed E-state index contributed by atoms with van der Waals surface area (Å²) in [6.45, 7) is 0.857. The summed E-state index contributed by atoms with van der Waals surface area (Å²) in [5.41, 5.74) is 1.32. The molecular formula is C16H22N6O3S. The molecule has 10 heteroatoms. The Morgan fingerprint density at radius 2 is 2.19 bits per heavy atom. The van der Waals surface area contributed by atoms with Crippen molar-refractivity contribution in [3.8, 4) is 0 Å². The number of aromatic nitrogens is 3. The maximum absolute atomic E-state index is 12.4. The number of urea groups is 1. The first-order chi connectivity index (χ1) is 12.5. The van der Waals surface area contributed by atoms with Crippen molar-refractivity contribution in [2.75, 3.05) is 24.2 Å². The van der Waals surface area contributed by atoms with Crippen molar-refractivity contribution in [2.24, 2.45) is 5.92 Å². The van der Waals surface area contributed by atoms with Crippen LogP contribution in [-0.2, 0) is 10.0 Å². The van der Waals surface area contributed by atoms with Crippen LogP contribution in [0.3, 0.4) is 0 Å². The van der Waals surface area contributed by atoms with Crippen LogP contribution in [0.4, 0.5) is 10.6 Å². The van der Waals surface area contributed by atoms with E-state index in [4.69, 9.17) is 0 Å². The predicted molar refractivity (Wildman–Crippen MR) is 97.1 cm³/mol. The van der Waals surface area contributed by atoms with Crippen LogP contribution in [0.2, 0.25) is 0 Å². The second-order valence-corrected chi connectivity index (χ2v) is 9.00. The summed E-state index contributed by atoms with van der Waals surface area (Å²) >= 11 is 0. The molecule has 1 atom stereocenters. The minimum Gasteiger partial charge on any atom is -0.345 e. The molecule has 2 fully saturated rings. The highest BCUT2D eigenvalue weighted by Crippen LogP contribution is 2.31. The quantitative estimate of drug-likeness (QED) is 0.724. The van der Waals surface area contributed by atoms with Gasteiger partial charge in [-0.15, -0.1) is 0 Å². The standard InChI is InChI=1S/C16H22N6O3S/c23-16(21-14-8-18-15-13(20-14)5-6-17-15)19-12-2-1-7-22(9-12)26(24,25)10-11-3-4-11/h5-6,8,11-12H,1-4,7,9-10H2,(H,17,18)(H2,19,20,21,23). The molecule has 0 spiro atoms. The highest BCUT2D eigenvalue weighted by atomic mass is 32.2. The van der Waals surface area contributed by atoms with Crippen LogP contribution in [0.1, 0.15) is 25.7 Å². The van der Waals surface area contributed by atoms with Crippen LogP contribution in [0.5, 0.6) is 0 Å². The Kier molecular flexibility index (Phi) is 4.53. The molecule has 2 amide bonds. The van der Waals surface area contributed by atoms with Crippen molar-refractivity contribution in [2.45, 2.75) is 31.7 Å². The molecule has 26 heavy (non-hydrogen) atoms. The molecule has 1 unspecified atom stereocenters. The maximum atomic E-state index is 12.4. The van der Waals surface area contributed by atoms with Gasteiger partial charge in [-0.25, -0.2) is 23.2 Å². The summed E-state index contributed by atoms with van der Waals surface area (Å²) in [4.78, 5) is 23.6. The van der Waals surface area contributed by atoms with E-state index >= 15 is 0 Å². The lowest BCUT2D eigenvalue weighted by Crippen LogP contribution is -2.51. The number of aromatic amines is 1. The Labute approximate surface area is 151 Å². The Morgan fingerprint density at radius 1 is 1.35 bits per heavy atom. The molecule has 1 aliphatic carbocycles. The summed E-state index contributed by atoms with van der Waals surface area (Å²) in [6.07, 6.45) is 6.71. The van der Waals surface area contributed by atoms with Crippen molar-refractivity contribution >= 4 is 33.0 Å². The number of anilines is 1. The monoisotopic (exact) mass is 378 g/mol. The number of carbonyl (C=O) groups is 1. The largest absolute Gasteiger partial charge is 0.345 e. The van der Waals surface area contributed by atoms with Gasteiger partial charge in [0, 0.05) is 25.3 Å². The van der Waals surface area contributed by atoms with E-state index in [1.165, 1.54) is 10.5 Å². The molecule has 1 saturated heterocycles. The number of nitrogens with zero attached hydrogens (tertiary/aromatic N) is 3. The van der Waals surface area contributed by atoms with Gasteiger partial charge in [0.1, 0.15) is 5.52 Å². The minimum atomic E-state index is -3.23. The summed E-state index contributed by atoms with van der Waals surface area (Å²) < 4.78 is 26.4. The smallest absolute Gasteiger partial charge is 0.320 e. The van der Waals surface area contributed by atoms with Gasteiger partial charge in [0.15, 0.2) is 11.5 Å². The summed E-state index contributed by atoms with van der Waals surface area (Å²) in [5.74, 6) is 0.903. The van der Waals surface area contributed by atoms with Gasteiger partial charge in [-0.1, -0.05) is 0 Å². The Bertz CT molecular complexity index is 908. The van der Waals surface area contributed by atoms with Crippen LogP contribution >= 0.6 is 0 Å². The van der Waals surface area contributed by atoms with Crippen LogP contribution in [0.15, 0.2) is 18.5 Å². The number of H-pyrrole nitrogens is 1. The molecule has 2 aromatic heterocycles. The van der Waals surface area contributed by atoms with Crippen molar-refractivity contribution < 1.29 is 13.2 Å². The van der Waals surface area contributed by atoms with Gasteiger partial charge < -0.3 is 10.3 Å². The third-order valence-electron chi connectivity index (χ3n) is 4.76. The fraction of sp³-hybridized carbons (Fsp3) is 0.562. The van der Waals surface area contributed by atoms with Crippen LogP contribution in [0.25, 0.3) is 11.2 Å². The van der Waals surface area contributed by atoms with E-state index in [1.807, 2.05) is 0 Å². The molecule has 3 heterocycles. The second kappa shape index (κ2) is 6.84. The van der Waals surface area contributed by atoms with Gasteiger partial charge in [-0.2, -0.15) is 4.31 Å². The average Bonchev–Trinajstić information content (AvgIpc) is 3.28. The zero-order valence-electron chi connectivity index (χ0n) is 14.3. The fourth-order valence-corrected chi connectivity index (χ4v) is 5.18. The van der Waals surface area contributed by atoms with Crippen LogP contribution < -0.4 is 10.6 Å². The molecule has 0 bridgehead atoms. The number of sulfonamides is 1. The summed E-state index contributed by atoms with van der Waals surface area (Å²) in [7, 11) is -3.23. The molecule has 0 radical (unpaired) electrons. The minimum absolute atomic E-state index is 0.207. The highest BCUT2D eigenvalue weighted by Gasteiger charge is 2.34. The van der Waals surface area contributed by atoms with E-state index in [0.29, 0.717) is 36.0 Å². The molecule has 3 N–H and O–H groups in total. The lowest BCUT2D eigenvalue weighted by Gasteiger charge is -2.32. The van der Waals surface area contributed by atoms with E-state index < -0.39 is 16.1 Å². The van der Waals surface area contributed by atoms with Crippen molar-refractivity contribution in [1.29, 1.82) is 0 Å². The molecule has 4 rings (SSSR count). The lowest BCUT2D eigenvalue weighted by molar-refractivity contribution is 0.236. The zero-order valence-corrected chi connectivity index (χ0v) is 15.1. The van der Waals surface area contributed by atoms with Gasteiger partial charge in [0.05, 0.1) is 11.9 Å². The molecule has 2 aliphatic rings. The fourth-order valence-electron chi connectivity index (χ4n) is 3.23. The predicted octanol–water partition coefficient (Wildman–Crippen LogP) is 1.28. The summed E-state index contributed by atoms with van der Waals surface area (Å²) in [6, 6.07) is 1.16.